The lowest BCUT2D eigenvalue weighted by Gasteiger charge is -2.07. The third kappa shape index (κ3) is 6.95. The predicted octanol–water partition coefficient (Wildman–Crippen LogP) is 3.53. The maximum atomic E-state index is 10.7. The van der Waals surface area contributed by atoms with E-state index < -0.39 is 5.97 Å². The first-order chi connectivity index (χ1) is 9.59. The molecule has 0 aliphatic rings. The molecule has 4 nitrogen and oxygen atoms in total. The highest BCUT2D eigenvalue weighted by Gasteiger charge is 2.01. The minimum Gasteiger partial charge on any atom is -0.494 e. The van der Waals surface area contributed by atoms with Gasteiger partial charge in [0.15, 0.2) is 0 Å². The third-order valence-corrected chi connectivity index (χ3v) is 2.65. The van der Waals surface area contributed by atoms with E-state index in [-0.39, 0.29) is 5.56 Å². The minimum absolute atomic E-state index is 0.270. The highest BCUT2D eigenvalue weighted by molar-refractivity contribution is 5.87. The van der Waals surface area contributed by atoms with Crippen LogP contribution in [0.15, 0.2) is 36.4 Å². The second-order valence-corrected chi connectivity index (χ2v) is 4.75. The molecular formula is C16H22O4. The molecule has 0 aliphatic heterocycles. The fourth-order valence-electron chi connectivity index (χ4n) is 1.61. The molecule has 0 aliphatic carbocycles. The number of carboxylic acids is 1. The molecule has 110 valence electrons. The van der Waals surface area contributed by atoms with Gasteiger partial charge >= 0.3 is 5.97 Å². The van der Waals surface area contributed by atoms with E-state index in [1.807, 2.05) is 6.92 Å². The van der Waals surface area contributed by atoms with Crippen molar-refractivity contribution in [3.63, 3.8) is 0 Å². The lowest BCUT2D eigenvalue weighted by Crippen LogP contribution is -2.01. The van der Waals surface area contributed by atoms with Gasteiger partial charge in [-0.1, -0.05) is 12.2 Å². The molecule has 0 saturated carbocycles. The van der Waals surface area contributed by atoms with Gasteiger partial charge in [0.2, 0.25) is 0 Å². The van der Waals surface area contributed by atoms with Crippen molar-refractivity contribution in [1.82, 2.24) is 0 Å². The Hall–Kier alpha value is -1.81. The quantitative estimate of drug-likeness (QED) is 0.525. The Balaban J connectivity index is 2.06. The molecule has 0 fully saturated rings. The second kappa shape index (κ2) is 9.15. The number of rotatable bonds is 10. The summed E-state index contributed by atoms with van der Waals surface area (Å²) in [5.74, 6) is -0.222. The van der Waals surface area contributed by atoms with E-state index in [9.17, 15) is 4.79 Å². The average Bonchev–Trinajstić information content (AvgIpc) is 2.42. The predicted molar refractivity (Wildman–Crippen MR) is 78.4 cm³/mol. The molecule has 0 bridgehead atoms. The van der Waals surface area contributed by atoms with Crippen molar-refractivity contribution in [3.05, 3.63) is 42.0 Å². The zero-order chi connectivity index (χ0) is 14.8. The van der Waals surface area contributed by atoms with Gasteiger partial charge in [-0.2, -0.15) is 0 Å². The SMILES string of the molecule is C=C(C)COCCCCCOc1ccc(C(=O)O)cc1. The van der Waals surface area contributed by atoms with Crippen molar-refractivity contribution in [2.45, 2.75) is 26.2 Å². The molecule has 4 heteroatoms. The number of aromatic carboxylic acids is 1. The molecule has 0 unspecified atom stereocenters. The van der Waals surface area contributed by atoms with Gasteiger partial charge in [0.05, 0.1) is 18.8 Å². The summed E-state index contributed by atoms with van der Waals surface area (Å²) in [7, 11) is 0. The molecule has 0 radical (unpaired) electrons. The molecule has 1 rings (SSSR count). The van der Waals surface area contributed by atoms with Crippen LogP contribution in [0.3, 0.4) is 0 Å². The normalized spacial score (nSPS) is 10.2. The Morgan fingerprint density at radius 2 is 1.80 bits per heavy atom. The van der Waals surface area contributed by atoms with Crippen molar-refractivity contribution in [2.75, 3.05) is 19.8 Å². The summed E-state index contributed by atoms with van der Waals surface area (Å²) >= 11 is 0. The van der Waals surface area contributed by atoms with Crippen molar-refractivity contribution >= 4 is 5.97 Å². The third-order valence-electron chi connectivity index (χ3n) is 2.65. The van der Waals surface area contributed by atoms with E-state index >= 15 is 0 Å². The molecule has 0 aromatic heterocycles. The van der Waals surface area contributed by atoms with E-state index in [1.165, 1.54) is 0 Å². The zero-order valence-corrected chi connectivity index (χ0v) is 11.9. The summed E-state index contributed by atoms with van der Waals surface area (Å²) in [6.07, 6.45) is 3.01. The van der Waals surface area contributed by atoms with Crippen LogP contribution in [0.1, 0.15) is 36.5 Å². The van der Waals surface area contributed by atoms with E-state index in [2.05, 4.69) is 6.58 Å². The first-order valence-corrected chi connectivity index (χ1v) is 6.78. The summed E-state index contributed by atoms with van der Waals surface area (Å²) in [6, 6.07) is 6.45. The highest BCUT2D eigenvalue weighted by atomic mass is 16.5. The van der Waals surface area contributed by atoms with Crippen molar-refractivity contribution in [3.8, 4) is 5.75 Å². The van der Waals surface area contributed by atoms with Gasteiger partial charge in [-0.3, -0.25) is 0 Å². The minimum atomic E-state index is -0.925. The Morgan fingerprint density at radius 1 is 1.15 bits per heavy atom. The standard InChI is InChI=1S/C16H22O4/c1-13(2)12-19-10-4-3-5-11-20-15-8-6-14(7-9-15)16(17)18/h6-9H,1,3-5,10-12H2,2H3,(H,17,18). The smallest absolute Gasteiger partial charge is 0.335 e. The largest absolute Gasteiger partial charge is 0.494 e. The average molecular weight is 278 g/mol. The van der Waals surface area contributed by atoms with Gasteiger partial charge in [-0.05, 0) is 50.5 Å². The fourth-order valence-corrected chi connectivity index (χ4v) is 1.61. The van der Waals surface area contributed by atoms with Crippen LogP contribution in [0, 0.1) is 0 Å². The van der Waals surface area contributed by atoms with Gasteiger partial charge in [-0.25, -0.2) is 4.79 Å². The molecule has 0 atom stereocenters. The number of carboxylic acid groups (broad SMARTS) is 1. The molecule has 0 spiro atoms. The number of hydrogen-bond donors (Lipinski definition) is 1. The van der Waals surface area contributed by atoms with Crippen LogP contribution in [0.4, 0.5) is 0 Å². The first kappa shape index (κ1) is 16.2. The molecular weight excluding hydrogens is 256 g/mol. The van der Waals surface area contributed by atoms with Crippen LogP contribution in [0.25, 0.3) is 0 Å². The number of carbonyl (C=O) groups is 1. The van der Waals surface area contributed by atoms with Gasteiger partial charge in [0, 0.05) is 6.61 Å². The van der Waals surface area contributed by atoms with Crippen LogP contribution in [0.2, 0.25) is 0 Å². The summed E-state index contributed by atoms with van der Waals surface area (Å²) in [6.45, 7) is 7.73. The molecule has 0 heterocycles. The Kier molecular flexibility index (Phi) is 7.43. The topological polar surface area (TPSA) is 55.8 Å². The summed E-state index contributed by atoms with van der Waals surface area (Å²) < 4.78 is 10.9. The first-order valence-electron chi connectivity index (χ1n) is 6.78. The number of ether oxygens (including phenoxy) is 2. The van der Waals surface area contributed by atoms with Crippen molar-refractivity contribution < 1.29 is 19.4 Å². The number of unbranched alkanes of at least 4 members (excludes halogenated alkanes) is 2. The van der Waals surface area contributed by atoms with Crippen molar-refractivity contribution in [1.29, 1.82) is 0 Å². The molecule has 20 heavy (non-hydrogen) atoms. The lowest BCUT2D eigenvalue weighted by molar-refractivity contribution is 0.0697. The molecule has 0 saturated heterocycles. The van der Waals surface area contributed by atoms with Gasteiger partial charge in [0.25, 0.3) is 0 Å². The lowest BCUT2D eigenvalue weighted by atomic mass is 10.2. The molecule has 0 amide bonds. The van der Waals surface area contributed by atoms with Crippen LogP contribution < -0.4 is 4.74 Å². The van der Waals surface area contributed by atoms with Crippen LogP contribution in [-0.4, -0.2) is 30.9 Å². The molecule has 1 aromatic rings. The van der Waals surface area contributed by atoms with Crippen LogP contribution in [-0.2, 0) is 4.74 Å². The molecule has 1 aromatic carbocycles. The highest BCUT2D eigenvalue weighted by Crippen LogP contribution is 2.12. The maximum Gasteiger partial charge on any atom is 0.335 e. The fraction of sp³-hybridized carbons (Fsp3) is 0.438. The van der Waals surface area contributed by atoms with E-state index in [0.717, 1.165) is 31.4 Å². The summed E-state index contributed by atoms with van der Waals surface area (Å²) in [5.41, 5.74) is 1.31. The Labute approximate surface area is 120 Å². The maximum absolute atomic E-state index is 10.7. The van der Waals surface area contributed by atoms with Gasteiger partial charge < -0.3 is 14.6 Å². The van der Waals surface area contributed by atoms with E-state index in [4.69, 9.17) is 14.6 Å². The van der Waals surface area contributed by atoms with E-state index in [1.54, 1.807) is 24.3 Å². The van der Waals surface area contributed by atoms with Crippen LogP contribution in [0.5, 0.6) is 5.75 Å². The van der Waals surface area contributed by atoms with Crippen LogP contribution >= 0.6 is 0 Å². The molecule has 1 N–H and O–H groups in total. The zero-order valence-electron chi connectivity index (χ0n) is 11.9. The van der Waals surface area contributed by atoms with Crippen molar-refractivity contribution in [2.24, 2.45) is 0 Å². The van der Waals surface area contributed by atoms with Gasteiger partial charge in [-0.15, -0.1) is 0 Å². The number of benzene rings is 1. The van der Waals surface area contributed by atoms with Gasteiger partial charge in [0.1, 0.15) is 5.75 Å². The summed E-state index contributed by atoms with van der Waals surface area (Å²) in [5, 5.41) is 8.77. The Morgan fingerprint density at radius 3 is 2.40 bits per heavy atom. The number of hydrogen-bond acceptors (Lipinski definition) is 3. The summed E-state index contributed by atoms with van der Waals surface area (Å²) in [4.78, 5) is 10.7. The Bertz CT molecular complexity index is 423. The van der Waals surface area contributed by atoms with E-state index in [0.29, 0.717) is 19.0 Å². The monoisotopic (exact) mass is 278 g/mol. The second-order valence-electron chi connectivity index (χ2n) is 4.75.